The van der Waals surface area contributed by atoms with Gasteiger partial charge >= 0.3 is 0 Å². The molecule has 0 N–H and O–H groups in total. The zero-order valence-electron chi connectivity index (χ0n) is 17.9. The van der Waals surface area contributed by atoms with Gasteiger partial charge < -0.3 is 9.64 Å². The van der Waals surface area contributed by atoms with E-state index in [2.05, 4.69) is 85.4 Å². The Balaban J connectivity index is 0.00000300. The average Bonchev–Trinajstić information content (AvgIpc) is 3.17. The molecule has 6 heteroatoms. The molecule has 0 bridgehead atoms. The Morgan fingerprint density at radius 3 is 2.41 bits per heavy atom. The van der Waals surface area contributed by atoms with Gasteiger partial charge in [0.05, 0.1) is 0 Å². The molecule has 0 radical (unpaired) electrons. The molecular weight excluding hydrogens is 402 g/mol. The van der Waals surface area contributed by atoms with Crippen LogP contribution in [0.25, 0.3) is 11.4 Å². The van der Waals surface area contributed by atoms with Crippen LogP contribution >= 0.6 is 23.9 Å². The lowest BCUT2D eigenvalue weighted by molar-refractivity contribution is 0.357. The van der Waals surface area contributed by atoms with Crippen molar-refractivity contribution in [3.8, 4) is 22.3 Å². The lowest BCUT2D eigenvalue weighted by atomic mass is 10.0. The van der Waals surface area contributed by atoms with Gasteiger partial charge in [0.15, 0.2) is 5.82 Å². The SMILES string of the molecule is CCc1ccc(-c2nsc(Oc3cc(C)c(CCN(C)CC)cc3C)n2)cc1.Cl. The first kappa shape index (κ1) is 23.3. The Labute approximate surface area is 184 Å². The Morgan fingerprint density at radius 2 is 1.76 bits per heavy atom. The van der Waals surface area contributed by atoms with E-state index in [0.717, 1.165) is 48.6 Å². The van der Waals surface area contributed by atoms with Crippen LogP contribution in [0, 0.1) is 13.8 Å². The fraction of sp³-hybridized carbons (Fsp3) is 0.391. The molecular formula is C23H30ClN3OS. The van der Waals surface area contributed by atoms with E-state index in [-0.39, 0.29) is 12.4 Å². The van der Waals surface area contributed by atoms with Crippen LogP contribution in [-0.2, 0) is 12.8 Å². The molecule has 0 atom stereocenters. The normalized spacial score (nSPS) is 10.8. The van der Waals surface area contributed by atoms with Gasteiger partial charge in [0.1, 0.15) is 5.75 Å². The summed E-state index contributed by atoms with van der Waals surface area (Å²) in [5.41, 5.74) is 6.09. The van der Waals surface area contributed by atoms with Gasteiger partial charge in [-0.25, -0.2) is 0 Å². The number of ether oxygens (including phenoxy) is 1. The summed E-state index contributed by atoms with van der Waals surface area (Å²) in [7, 11) is 2.16. The molecule has 0 saturated heterocycles. The second-order valence-electron chi connectivity index (χ2n) is 7.23. The fourth-order valence-electron chi connectivity index (χ4n) is 3.05. The lowest BCUT2D eigenvalue weighted by Gasteiger charge is -2.16. The minimum Gasteiger partial charge on any atom is -0.430 e. The van der Waals surface area contributed by atoms with Gasteiger partial charge in [0, 0.05) is 23.6 Å². The van der Waals surface area contributed by atoms with Crippen molar-refractivity contribution in [1.82, 2.24) is 14.3 Å². The number of halogens is 1. The topological polar surface area (TPSA) is 38.2 Å². The number of hydrogen-bond acceptors (Lipinski definition) is 5. The van der Waals surface area contributed by atoms with Crippen LogP contribution in [0.3, 0.4) is 0 Å². The third-order valence-electron chi connectivity index (χ3n) is 5.16. The number of aryl methyl sites for hydroxylation is 3. The highest BCUT2D eigenvalue weighted by Gasteiger charge is 2.12. The van der Waals surface area contributed by atoms with E-state index in [0.29, 0.717) is 5.19 Å². The highest BCUT2D eigenvalue weighted by atomic mass is 35.5. The highest BCUT2D eigenvalue weighted by molar-refractivity contribution is 7.07. The Morgan fingerprint density at radius 1 is 1.03 bits per heavy atom. The number of hydrogen-bond donors (Lipinski definition) is 0. The third kappa shape index (κ3) is 6.01. The largest absolute Gasteiger partial charge is 0.430 e. The van der Waals surface area contributed by atoms with Crippen LogP contribution in [0.5, 0.6) is 10.9 Å². The minimum atomic E-state index is 0. The molecule has 0 aliphatic rings. The second-order valence-corrected chi connectivity index (χ2v) is 7.94. The van der Waals surface area contributed by atoms with Gasteiger partial charge in [-0.15, -0.1) is 12.4 Å². The molecule has 0 saturated carbocycles. The van der Waals surface area contributed by atoms with Crippen molar-refractivity contribution in [2.24, 2.45) is 0 Å². The van der Waals surface area contributed by atoms with Gasteiger partial charge in [0.25, 0.3) is 5.19 Å². The fourth-order valence-corrected chi connectivity index (χ4v) is 3.62. The van der Waals surface area contributed by atoms with Crippen LogP contribution in [0.1, 0.15) is 36.1 Å². The zero-order valence-corrected chi connectivity index (χ0v) is 19.5. The van der Waals surface area contributed by atoms with E-state index >= 15 is 0 Å². The molecule has 3 rings (SSSR count). The van der Waals surface area contributed by atoms with E-state index in [1.54, 1.807) is 0 Å². The molecule has 0 fully saturated rings. The van der Waals surface area contributed by atoms with Crippen molar-refractivity contribution in [3.05, 3.63) is 58.7 Å². The molecule has 29 heavy (non-hydrogen) atoms. The summed E-state index contributed by atoms with van der Waals surface area (Å²) >= 11 is 1.30. The molecule has 0 aliphatic heterocycles. The van der Waals surface area contributed by atoms with Gasteiger partial charge in [0.2, 0.25) is 0 Å². The maximum atomic E-state index is 6.07. The molecule has 4 nitrogen and oxygen atoms in total. The summed E-state index contributed by atoms with van der Waals surface area (Å²) in [5.74, 6) is 1.57. The number of aromatic nitrogens is 2. The number of likely N-dealkylation sites (N-methyl/N-ethyl adjacent to an activating group) is 1. The molecule has 0 aliphatic carbocycles. The van der Waals surface area contributed by atoms with E-state index in [1.165, 1.54) is 28.2 Å². The molecule has 1 aromatic heterocycles. The van der Waals surface area contributed by atoms with Crippen molar-refractivity contribution in [2.75, 3.05) is 20.1 Å². The van der Waals surface area contributed by atoms with Crippen molar-refractivity contribution < 1.29 is 4.74 Å². The zero-order chi connectivity index (χ0) is 20.1. The molecule has 2 aromatic carbocycles. The Hall–Kier alpha value is -1.95. The summed E-state index contributed by atoms with van der Waals surface area (Å²) < 4.78 is 10.5. The minimum absolute atomic E-state index is 0. The predicted octanol–water partition coefficient (Wildman–Crippen LogP) is 6.09. The molecule has 0 unspecified atom stereocenters. The van der Waals surface area contributed by atoms with Crippen LogP contribution in [0.4, 0.5) is 0 Å². The van der Waals surface area contributed by atoms with E-state index in [9.17, 15) is 0 Å². The van der Waals surface area contributed by atoms with E-state index < -0.39 is 0 Å². The maximum absolute atomic E-state index is 6.07. The Kier molecular flexibility index (Phi) is 8.62. The monoisotopic (exact) mass is 431 g/mol. The quantitative estimate of drug-likeness (QED) is 0.432. The average molecular weight is 432 g/mol. The molecule has 0 amide bonds. The van der Waals surface area contributed by atoms with E-state index in [4.69, 9.17) is 4.74 Å². The predicted molar refractivity (Wildman–Crippen MR) is 125 cm³/mol. The number of nitrogens with zero attached hydrogens (tertiary/aromatic N) is 3. The smallest absolute Gasteiger partial charge is 0.299 e. The van der Waals surface area contributed by atoms with E-state index in [1.807, 2.05) is 0 Å². The lowest BCUT2D eigenvalue weighted by Crippen LogP contribution is -2.20. The summed E-state index contributed by atoms with van der Waals surface area (Å²) in [4.78, 5) is 6.90. The third-order valence-corrected chi connectivity index (χ3v) is 5.76. The Bertz CT molecular complexity index is 924. The van der Waals surface area contributed by atoms with Crippen molar-refractivity contribution in [2.45, 2.75) is 40.5 Å². The maximum Gasteiger partial charge on any atom is 0.299 e. The van der Waals surface area contributed by atoms with Crippen molar-refractivity contribution in [1.29, 1.82) is 0 Å². The van der Waals surface area contributed by atoms with Crippen LogP contribution in [0.15, 0.2) is 36.4 Å². The molecule has 1 heterocycles. The van der Waals surface area contributed by atoms with Crippen LogP contribution in [0.2, 0.25) is 0 Å². The van der Waals surface area contributed by atoms with Crippen LogP contribution in [-0.4, -0.2) is 34.4 Å². The second kappa shape index (κ2) is 10.7. The number of benzene rings is 2. The number of rotatable bonds is 8. The van der Waals surface area contributed by atoms with Crippen LogP contribution < -0.4 is 4.74 Å². The molecule has 3 aromatic rings. The molecule has 156 valence electrons. The summed E-state index contributed by atoms with van der Waals surface area (Å²) in [5, 5.41) is 0.579. The van der Waals surface area contributed by atoms with Gasteiger partial charge in [-0.3, -0.25) is 0 Å². The summed E-state index contributed by atoms with van der Waals surface area (Å²) in [6, 6.07) is 12.7. The van der Waals surface area contributed by atoms with Gasteiger partial charge in [-0.1, -0.05) is 44.2 Å². The summed E-state index contributed by atoms with van der Waals surface area (Å²) in [6.45, 7) is 10.7. The molecule has 0 spiro atoms. The summed E-state index contributed by atoms with van der Waals surface area (Å²) in [6.07, 6.45) is 2.08. The van der Waals surface area contributed by atoms with Gasteiger partial charge in [-0.05, 0) is 68.6 Å². The first-order chi connectivity index (χ1) is 13.5. The first-order valence-corrected chi connectivity index (χ1v) is 10.7. The van der Waals surface area contributed by atoms with Crippen molar-refractivity contribution in [3.63, 3.8) is 0 Å². The van der Waals surface area contributed by atoms with Crippen molar-refractivity contribution >= 4 is 23.9 Å². The van der Waals surface area contributed by atoms with Gasteiger partial charge in [-0.2, -0.15) is 9.36 Å². The first-order valence-electron chi connectivity index (χ1n) is 9.89. The standard InChI is InChI=1S/C23H29N3OS.ClH/c1-6-18-8-10-19(11-9-18)22-24-23(28-25-22)27-21-15-16(3)20(14-17(21)4)12-13-26(5)7-2;/h8-11,14-15H,6-7,12-13H2,1-5H3;1H. The highest BCUT2D eigenvalue weighted by Crippen LogP contribution is 2.31.